The number of hydrogen-bond acceptors (Lipinski definition) is 2. The largest absolute Gasteiger partial charge is 0.383 e. The van der Waals surface area contributed by atoms with Crippen LogP contribution < -0.4 is 5.73 Å². The first kappa shape index (κ1) is 11.0. The predicted octanol–water partition coefficient (Wildman–Crippen LogP) is 2.77. The van der Waals surface area contributed by atoms with E-state index >= 15 is 0 Å². The normalized spacial score (nSPS) is 10.8. The number of nitrogens with two attached hydrogens (primary N) is 1. The van der Waals surface area contributed by atoms with Crippen molar-refractivity contribution in [2.45, 2.75) is 6.92 Å². The Kier molecular flexibility index (Phi) is 2.59. The second-order valence-electron chi connectivity index (χ2n) is 3.63. The van der Waals surface area contributed by atoms with Crippen molar-refractivity contribution in [2.24, 2.45) is 7.05 Å². The van der Waals surface area contributed by atoms with Crippen molar-refractivity contribution in [1.29, 1.82) is 0 Å². The lowest BCUT2D eigenvalue weighted by Gasteiger charge is -2.07. The molecule has 1 aromatic carbocycles. The van der Waals surface area contributed by atoms with Gasteiger partial charge in [0.15, 0.2) is 0 Å². The average Bonchev–Trinajstić information content (AvgIpc) is 2.54. The topological polar surface area (TPSA) is 43.8 Å². The Morgan fingerprint density at radius 3 is 2.62 bits per heavy atom. The van der Waals surface area contributed by atoms with E-state index in [1.807, 2.05) is 6.92 Å². The maximum Gasteiger partial charge on any atom is 0.129 e. The molecule has 0 fully saturated rings. The Hall–Kier alpha value is -1.55. The Balaban J connectivity index is 2.69. The fraction of sp³-hybridized carbons (Fsp3) is 0.182. The molecule has 5 heteroatoms. The average molecular weight is 240 g/mol. The van der Waals surface area contributed by atoms with Crippen molar-refractivity contribution < 1.29 is 4.39 Å². The summed E-state index contributed by atoms with van der Waals surface area (Å²) in [6, 6.07) is 2.70. The summed E-state index contributed by atoms with van der Waals surface area (Å²) in [4.78, 5) is 0. The van der Waals surface area contributed by atoms with Crippen molar-refractivity contribution in [3.05, 3.63) is 34.7 Å². The summed E-state index contributed by atoms with van der Waals surface area (Å²) in [6.07, 6.45) is 1.60. The zero-order chi connectivity index (χ0) is 11.9. The zero-order valence-corrected chi connectivity index (χ0v) is 9.72. The lowest BCUT2D eigenvalue weighted by atomic mass is 10.0. The van der Waals surface area contributed by atoms with Crippen molar-refractivity contribution >= 4 is 17.4 Å². The predicted molar refractivity (Wildman–Crippen MR) is 62.8 cm³/mol. The molecule has 0 saturated carbocycles. The first-order valence-corrected chi connectivity index (χ1v) is 5.12. The highest BCUT2D eigenvalue weighted by atomic mass is 35.5. The van der Waals surface area contributed by atoms with Gasteiger partial charge in [-0.15, -0.1) is 0 Å². The van der Waals surface area contributed by atoms with Crippen LogP contribution in [0.15, 0.2) is 18.3 Å². The van der Waals surface area contributed by atoms with Crippen molar-refractivity contribution in [2.75, 3.05) is 5.73 Å². The van der Waals surface area contributed by atoms with Crippen LogP contribution in [0, 0.1) is 12.7 Å². The lowest BCUT2D eigenvalue weighted by Crippen LogP contribution is -1.98. The van der Waals surface area contributed by atoms with Gasteiger partial charge < -0.3 is 5.73 Å². The zero-order valence-electron chi connectivity index (χ0n) is 8.96. The molecule has 0 amide bonds. The standard InChI is InChI=1S/C11H11ClFN3/c1-6-8(3-7(13)4-10(6)12)9-5-15-16(2)11(9)14/h3-5H,14H2,1-2H3. The summed E-state index contributed by atoms with van der Waals surface area (Å²) in [5.74, 6) is 0.110. The number of anilines is 1. The molecule has 1 aromatic heterocycles. The first-order chi connectivity index (χ1) is 7.50. The number of aryl methyl sites for hydroxylation is 1. The van der Waals surface area contributed by atoms with E-state index in [0.29, 0.717) is 22.0 Å². The second-order valence-corrected chi connectivity index (χ2v) is 4.03. The third-order valence-corrected chi connectivity index (χ3v) is 2.98. The highest BCUT2D eigenvalue weighted by Gasteiger charge is 2.13. The van der Waals surface area contributed by atoms with Gasteiger partial charge in [0, 0.05) is 17.6 Å². The molecular formula is C11H11ClFN3. The van der Waals surface area contributed by atoms with Crippen LogP contribution in [0.2, 0.25) is 5.02 Å². The van der Waals surface area contributed by atoms with Gasteiger partial charge in [0.2, 0.25) is 0 Å². The van der Waals surface area contributed by atoms with Crippen molar-refractivity contribution in [3.8, 4) is 11.1 Å². The van der Waals surface area contributed by atoms with Crippen LogP contribution in [0.3, 0.4) is 0 Å². The Morgan fingerprint density at radius 2 is 2.06 bits per heavy atom. The first-order valence-electron chi connectivity index (χ1n) is 4.74. The third kappa shape index (κ3) is 1.65. The van der Waals surface area contributed by atoms with E-state index < -0.39 is 0 Å². The molecule has 2 N–H and O–H groups in total. The molecule has 1 heterocycles. The Morgan fingerprint density at radius 1 is 1.38 bits per heavy atom. The molecule has 0 aliphatic heterocycles. The number of halogens is 2. The van der Waals surface area contributed by atoms with E-state index in [2.05, 4.69) is 5.10 Å². The van der Waals surface area contributed by atoms with Gasteiger partial charge in [0.05, 0.1) is 6.20 Å². The van der Waals surface area contributed by atoms with E-state index in [1.54, 1.807) is 13.2 Å². The van der Waals surface area contributed by atoms with Gasteiger partial charge in [-0.05, 0) is 30.2 Å². The number of nitrogens with zero attached hydrogens (tertiary/aromatic N) is 2. The van der Waals surface area contributed by atoms with Gasteiger partial charge in [0.25, 0.3) is 0 Å². The SMILES string of the molecule is Cc1c(Cl)cc(F)cc1-c1cnn(C)c1N. The summed E-state index contributed by atoms with van der Waals surface area (Å²) in [5, 5.41) is 4.41. The molecule has 0 saturated heterocycles. The molecule has 0 radical (unpaired) electrons. The number of rotatable bonds is 1. The Labute approximate surface area is 97.6 Å². The van der Waals surface area contributed by atoms with Crippen LogP contribution in [0.4, 0.5) is 10.2 Å². The van der Waals surface area contributed by atoms with Gasteiger partial charge in [-0.25, -0.2) is 4.39 Å². The van der Waals surface area contributed by atoms with E-state index in [4.69, 9.17) is 17.3 Å². The minimum atomic E-state index is -0.381. The van der Waals surface area contributed by atoms with Crippen molar-refractivity contribution in [3.63, 3.8) is 0 Å². The molecule has 3 nitrogen and oxygen atoms in total. The van der Waals surface area contributed by atoms with E-state index in [-0.39, 0.29) is 5.82 Å². The number of hydrogen-bond donors (Lipinski definition) is 1. The van der Waals surface area contributed by atoms with Gasteiger partial charge >= 0.3 is 0 Å². The summed E-state index contributed by atoms with van der Waals surface area (Å²) in [7, 11) is 1.73. The van der Waals surface area contributed by atoms with Crippen LogP contribution >= 0.6 is 11.6 Å². The molecule has 0 unspecified atom stereocenters. The molecule has 84 valence electrons. The van der Waals surface area contributed by atoms with Crippen LogP contribution in [0.5, 0.6) is 0 Å². The summed E-state index contributed by atoms with van der Waals surface area (Å²) in [6.45, 7) is 1.82. The summed E-state index contributed by atoms with van der Waals surface area (Å²) >= 11 is 5.92. The van der Waals surface area contributed by atoms with Crippen LogP contribution in [-0.4, -0.2) is 9.78 Å². The fourth-order valence-corrected chi connectivity index (χ4v) is 1.79. The molecule has 0 aliphatic rings. The van der Waals surface area contributed by atoms with Gasteiger partial charge in [-0.3, -0.25) is 4.68 Å². The number of nitrogen functional groups attached to an aromatic ring is 1. The molecule has 2 aromatic rings. The van der Waals surface area contributed by atoms with Crippen molar-refractivity contribution in [1.82, 2.24) is 9.78 Å². The molecule has 2 rings (SSSR count). The summed E-state index contributed by atoms with van der Waals surface area (Å²) in [5.41, 5.74) is 8.01. The van der Waals surface area contributed by atoms with E-state index in [0.717, 1.165) is 5.56 Å². The van der Waals surface area contributed by atoms with Crippen LogP contribution in [0.1, 0.15) is 5.56 Å². The van der Waals surface area contributed by atoms with E-state index in [9.17, 15) is 4.39 Å². The highest BCUT2D eigenvalue weighted by molar-refractivity contribution is 6.31. The third-order valence-electron chi connectivity index (χ3n) is 2.58. The maximum absolute atomic E-state index is 13.3. The molecule has 0 aliphatic carbocycles. The van der Waals surface area contributed by atoms with Crippen LogP contribution in [-0.2, 0) is 7.05 Å². The lowest BCUT2D eigenvalue weighted by molar-refractivity contribution is 0.628. The molecule has 0 atom stereocenters. The minimum Gasteiger partial charge on any atom is -0.383 e. The molecular weight excluding hydrogens is 229 g/mol. The smallest absolute Gasteiger partial charge is 0.129 e. The summed E-state index contributed by atoms with van der Waals surface area (Å²) < 4.78 is 14.8. The fourth-order valence-electron chi connectivity index (χ4n) is 1.58. The minimum absolute atomic E-state index is 0.381. The number of benzene rings is 1. The van der Waals surface area contributed by atoms with Gasteiger partial charge in [-0.1, -0.05) is 11.6 Å². The quantitative estimate of drug-likeness (QED) is 0.832. The second kappa shape index (κ2) is 3.79. The molecule has 16 heavy (non-hydrogen) atoms. The monoisotopic (exact) mass is 239 g/mol. The highest BCUT2D eigenvalue weighted by Crippen LogP contribution is 2.32. The van der Waals surface area contributed by atoms with Gasteiger partial charge in [-0.2, -0.15) is 5.10 Å². The van der Waals surface area contributed by atoms with Gasteiger partial charge in [0.1, 0.15) is 11.6 Å². The van der Waals surface area contributed by atoms with Crippen LogP contribution in [0.25, 0.3) is 11.1 Å². The number of aromatic nitrogens is 2. The maximum atomic E-state index is 13.3. The molecule has 0 bridgehead atoms. The Bertz CT molecular complexity index is 548. The molecule has 0 spiro atoms. The van der Waals surface area contributed by atoms with E-state index in [1.165, 1.54) is 16.8 Å².